The van der Waals surface area contributed by atoms with E-state index in [1.165, 1.54) is 25.8 Å². The maximum atomic E-state index is 13.0. The van der Waals surface area contributed by atoms with Gasteiger partial charge in [0.2, 0.25) is 23.6 Å². The number of hydrogen-bond acceptors (Lipinski definition) is 5. The van der Waals surface area contributed by atoms with E-state index >= 15 is 0 Å². The molecule has 0 unspecified atom stereocenters. The van der Waals surface area contributed by atoms with Crippen molar-refractivity contribution in [3.05, 3.63) is 35.9 Å². The number of aliphatic carboxylic acids is 1. The molecule has 182 valence electrons. The van der Waals surface area contributed by atoms with E-state index in [1.807, 2.05) is 44.2 Å². The van der Waals surface area contributed by atoms with Gasteiger partial charge in [-0.05, 0) is 24.8 Å². The number of benzene rings is 1. The number of nitrogens with one attached hydrogen (secondary N) is 3. The van der Waals surface area contributed by atoms with Crippen molar-refractivity contribution >= 4 is 29.6 Å². The molecule has 1 rings (SSSR count). The number of carboxylic acid groups (broad SMARTS) is 1. The smallest absolute Gasteiger partial charge is 0.322 e. The van der Waals surface area contributed by atoms with Crippen molar-refractivity contribution in [1.29, 1.82) is 0 Å². The highest BCUT2D eigenvalue weighted by molar-refractivity contribution is 5.94. The van der Waals surface area contributed by atoms with Crippen LogP contribution >= 0.6 is 0 Å². The van der Waals surface area contributed by atoms with Crippen LogP contribution in [0.3, 0.4) is 0 Å². The van der Waals surface area contributed by atoms with Crippen LogP contribution in [0, 0.1) is 5.92 Å². The average molecular weight is 463 g/mol. The van der Waals surface area contributed by atoms with Crippen molar-refractivity contribution in [1.82, 2.24) is 20.9 Å². The number of carbonyl (C=O) groups is 5. The minimum atomic E-state index is -1.20. The standard InChI is InChI=1S/C23H34N4O6/c1-14(2)11-18(22(32)24-13-20(29)30)26-21(31)15(3)25-23(33)19(27(5)16(4)28)12-17-9-7-6-8-10-17/h6-10,14-15,18-19H,11-13H2,1-5H3,(H,24,32)(H,25,33)(H,26,31)(H,29,30)/t15-,18-,19-/m0/s1. The first-order chi connectivity index (χ1) is 15.4. The highest BCUT2D eigenvalue weighted by atomic mass is 16.4. The molecule has 0 saturated heterocycles. The molecule has 0 spiro atoms. The van der Waals surface area contributed by atoms with Crippen molar-refractivity contribution in [3.63, 3.8) is 0 Å². The highest BCUT2D eigenvalue weighted by Crippen LogP contribution is 2.10. The zero-order chi connectivity index (χ0) is 25.1. The van der Waals surface area contributed by atoms with Crippen molar-refractivity contribution in [3.8, 4) is 0 Å². The van der Waals surface area contributed by atoms with Crippen molar-refractivity contribution < 1.29 is 29.1 Å². The van der Waals surface area contributed by atoms with E-state index in [2.05, 4.69) is 16.0 Å². The van der Waals surface area contributed by atoms with Gasteiger partial charge < -0.3 is 26.0 Å². The molecule has 0 heterocycles. The van der Waals surface area contributed by atoms with E-state index in [9.17, 15) is 24.0 Å². The first-order valence-electron chi connectivity index (χ1n) is 10.8. The molecule has 4 amide bonds. The maximum absolute atomic E-state index is 13.0. The van der Waals surface area contributed by atoms with Gasteiger partial charge in [0, 0.05) is 20.4 Å². The maximum Gasteiger partial charge on any atom is 0.322 e. The molecule has 0 radical (unpaired) electrons. The molecular weight excluding hydrogens is 428 g/mol. The van der Waals surface area contributed by atoms with Gasteiger partial charge in [-0.25, -0.2) is 0 Å². The predicted molar refractivity (Wildman–Crippen MR) is 122 cm³/mol. The Bertz CT molecular complexity index is 843. The molecule has 0 aliphatic carbocycles. The Kier molecular flexibility index (Phi) is 11.0. The number of hydrogen-bond donors (Lipinski definition) is 4. The third-order valence-corrected chi connectivity index (χ3v) is 5.04. The largest absolute Gasteiger partial charge is 0.480 e. The lowest BCUT2D eigenvalue weighted by molar-refractivity contribution is -0.139. The van der Waals surface area contributed by atoms with E-state index in [1.54, 1.807) is 0 Å². The second-order valence-corrected chi connectivity index (χ2v) is 8.37. The van der Waals surface area contributed by atoms with Crippen molar-refractivity contribution in [2.24, 2.45) is 5.92 Å². The number of nitrogens with zero attached hydrogens (tertiary/aromatic N) is 1. The minimum Gasteiger partial charge on any atom is -0.480 e. The van der Waals surface area contributed by atoms with Crippen LogP contribution in [0.1, 0.15) is 39.7 Å². The van der Waals surface area contributed by atoms with Gasteiger partial charge >= 0.3 is 5.97 Å². The fourth-order valence-corrected chi connectivity index (χ4v) is 3.12. The van der Waals surface area contributed by atoms with Crippen LogP contribution in [0.5, 0.6) is 0 Å². The topological polar surface area (TPSA) is 145 Å². The molecule has 1 aromatic carbocycles. The van der Waals surface area contributed by atoms with Gasteiger partial charge in [0.1, 0.15) is 24.7 Å². The van der Waals surface area contributed by atoms with E-state index in [0.717, 1.165) is 5.56 Å². The highest BCUT2D eigenvalue weighted by Gasteiger charge is 2.30. The molecule has 0 fully saturated rings. The summed E-state index contributed by atoms with van der Waals surface area (Å²) in [5.74, 6) is -3.15. The molecule has 0 aliphatic heterocycles. The average Bonchev–Trinajstić information content (AvgIpc) is 2.74. The lowest BCUT2D eigenvalue weighted by Gasteiger charge is -2.28. The second-order valence-electron chi connectivity index (χ2n) is 8.37. The molecule has 3 atom stereocenters. The lowest BCUT2D eigenvalue weighted by atomic mass is 10.0. The molecule has 0 aliphatic rings. The fourth-order valence-electron chi connectivity index (χ4n) is 3.12. The summed E-state index contributed by atoms with van der Waals surface area (Å²) in [5, 5.41) is 16.2. The first kappa shape index (κ1) is 27.6. The SMILES string of the molecule is CC(=O)N(C)[C@@H](Cc1ccccc1)C(=O)N[C@@H](C)C(=O)N[C@@H](CC(C)C)C(=O)NCC(=O)O. The number of carboxylic acids is 1. The van der Waals surface area contributed by atoms with Crippen LogP contribution in [0.2, 0.25) is 0 Å². The van der Waals surface area contributed by atoms with Crippen LogP contribution in [0.25, 0.3) is 0 Å². The molecule has 0 saturated carbocycles. The first-order valence-corrected chi connectivity index (χ1v) is 10.8. The van der Waals surface area contributed by atoms with Gasteiger partial charge in [-0.15, -0.1) is 0 Å². The van der Waals surface area contributed by atoms with Crippen LogP contribution < -0.4 is 16.0 Å². The van der Waals surface area contributed by atoms with Gasteiger partial charge in [0.25, 0.3) is 0 Å². The fraction of sp³-hybridized carbons (Fsp3) is 0.522. The van der Waals surface area contributed by atoms with Gasteiger partial charge in [-0.1, -0.05) is 44.2 Å². The summed E-state index contributed by atoms with van der Waals surface area (Å²) in [4.78, 5) is 61.9. The molecule has 10 heteroatoms. The number of rotatable bonds is 12. The summed E-state index contributed by atoms with van der Waals surface area (Å²) in [7, 11) is 1.52. The summed E-state index contributed by atoms with van der Waals surface area (Å²) >= 11 is 0. The Morgan fingerprint density at radius 3 is 2.06 bits per heavy atom. The zero-order valence-electron chi connectivity index (χ0n) is 19.8. The summed E-state index contributed by atoms with van der Waals surface area (Å²) in [5.41, 5.74) is 0.856. The van der Waals surface area contributed by atoms with Gasteiger partial charge in [-0.2, -0.15) is 0 Å². The van der Waals surface area contributed by atoms with Gasteiger partial charge in [-0.3, -0.25) is 24.0 Å². The second kappa shape index (κ2) is 13.2. The molecule has 0 aromatic heterocycles. The van der Waals surface area contributed by atoms with Gasteiger partial charge in [0.15, 0.2) is 0 Å². The normalized spacial score (nSPS) is 13.4. The third kappa shape index (κ3) is 9.71. The predicted octanol–water partition coefficient (Wildman–Crippen LogP) is 0.312. The molecule has 33 heavy (non-hydrogen) atoms. The summed E-state index contributed by atoms with van der Waals surface area (Å²) < 4.78 is 0. The van der Waals surface area contributed by atoms with Crippen molar-refractivity contribution in [2.45, 2.75) is 58.7 Å². The van der Waals surface area contributed by atoms with Crippen LogP contribution in [0.4, 0.5) is 0 Å². The minimum absolute atomic E-state index is 0.0512. The molecule has 0 bridgehead atoms. The zero-order valence-corrected chi connectivity index (χ0v) is 19.8. The van der Waals surface area contributed by atoms with Crippen LogP contribution in [0.15, 0.2) is 30.3 Å². The molecule has 1 aromatic rings. The summed E-state index contributed by atoms with van der Waals surface area (Å²) in [6, 6.07) is 6.43. The lowest BCUT2D eigenvalue weighted by Crippen LogP contribution is -2.56. The van der Waals surface area contributed by atoms with Gasteiger partial charge in [0.05, 0.1) is 0 Å². The summed E-state index contributed by atoms with van der Waals surface area (Å²) in [6.07, 6.45) is 0.562. The molecule has 10 nitrogen and oxygen atoms in total. The third-order valence-electron chi connectivity index (χ3n) is 5.04. The Morgan fingerprint density at radius 1 is 0.939 bits per heavy atom. The Hall–Kier alpha value is -3.43. The Labute approximate surface area is 194 Å². The van der Waals surface area contributed by atoms with Crippen molar-refractivity contribution in [2.75, 3.05) is 13.6 Å². The number of likely N-dealkylation sites (N-methyl/N-ethyl adjacent to an activating group) is 1. The summed E-state index contributed by atoms with van der Waals surface area (Å²) in [6.45, 7) is 5.99. The quantitative estimate of drug-likeness (QED) is 0.352. The monoisotopic (exact) mass is 462 g/mol. The van der Waals surface area contributed by atoms with E-state index < -0.39 is 48.4 Å². The molecule has 4 N–H and O–H groups in total. The van der Waals surface area contributed by atoms with E-state index in [0.29, 0.717) is 6.42 Å². The van der Waals surface area contributed by atoms with Crippen LogP contribution in [-0.4, -0.2) is 71.3 Å². The van der Waals surface area contributed by atoms with Crippen LogP contribution in [-0.2, 0) is 30.4 Å². The Morgan fingerprint density at radius 2 is 1.55 bits per heavy atom. The van der Waals surface area contributed by atoms with E-state index in [-0.39, 0.29) is 18.2 Å². The Balaban J connectivity index is 2.87. The number of carbonyl (C=O) groups excluding carboxylic acids is 4. The van der Waals surface area contributed by atoms with E-state index in [4.69, 9.17) is 5.11 Å². The number of amides is 4. The molecular formula is C23H34N4O6.